The van der Waals surface area contributed by atoms with E-state index in [2.05, 4.69) is 50.4 Å². The molecule has 2 N–H and O–H groups in total. The van der Waals surface area contributed by atoms with Gasteiger partial charge in [0, 0.05) is 33.0 Å². The van der Waals surface area contributed by atoms with Crippen LogP contribution in [0.4, 0.5) is 4.79 Å². The number of rotatable bonds is 12. The molecule has 1 atom stereocenters. The average Bonchev–Trinajstić information content (AvgIpc) is 3.19. The van der Waals surface area contributed by atoms with E-state index >= 15 is 0 Å². The lowest BCUT2D eigenvalue weighted by molar-refractivity contribution is -0.139. The highest BCUT2D eigenvalue weighted by atomic mass is 28.4. The number of ether oxygens (including phenoxy) is 1. The van der Waals surface area contributed by atoms with Crippen molar-refractivity contribution in [3.63, 3.8) is 0 Å². The normalized spacial score (nSPS) is 14.6. The Kier molecular flexibility index (Phi) is 10.1. The van der Waals surface area contributed by atoms with Crippen molar-refractivity contribution in [3.05, 3.63) is 143 Å². The molecule has 7 rings (SSSR count). The van der Waals surface area contributed by atoms with E-state index in [0.717, 1.165) is 20.2 Å². The molecular weight excluding hydrogens is 731 g/mol. The van der Waals surface area contributed by atoms with E-state index < -0.39 is 56.6 Å². The molecule has 56 heavy (non-hydrogen) atoms. The smallest absolute Gasteiger partial charge is 0.408 e. The van der Waals surface area contributed by atoms with E-state index in [0.29, 0.717) is 5.56 Å². The summed E-state index contributed by atoms with van der Waals surface area (Å²) in [4.78, 5) is 82.5. The fourth-order valence-electron chi connectivity index (χ4n) is 7.67. The second kappa shape index (κ2) is 15.0. The van der Waals surface area contributed by atoms with Crippen LogP contribution >= 0.6 is 0 Å². The number of hydrogen-bond acceptors (Lipinski definition) is 8. The molecule has 2 aliphatic heterocycles. The van der Waals surface area contributed by atoms with Crippen LogP contribution in [0.25, 0.3) is 10.8 Å². The number of carboxylic acids is 1. The SMILES string of the molecule is CC(C)(C)[Si](OCCN1C(=O)c2ccc3c4c(ccc(c24)C1=O)C(=O)N(C[C@H](NC(=O)OCc1ccccc1)C(=O)O)C3=O)(c1ccccc1)c1ccccc1. The zero-order valence-electron chi connectivity index (χ0n) is 31.0. The van der Waals surface area contributed by atoms with Gasteiger partial charge in [-0.1, -0.05) is 112 Å². The van der Waals surface area contributed by atoms with Crippen molar-refractivity contribution in [2.75, 3.05) is 19.7 Å². The van der Waals surface area contributed by atoms with Gasteiger partial charge in [0.15, 0.2) is 0 Å². The van der Waals surface area contributed by atoms with Crippen LogP contribution in [0.2, 0.25) is 5.04 Å². The summed E-state index contributed by atoms with van der Waals surface area (Å²) in [6.45, 7) is 5.60. The molecule has 5 amide bonds. The molecule has 0 saturated heterocycles. The van der Waals surface area contributed by atoms with Crippen molar-refractivity contribution >= 4 is 65.2 Å². The van der Waals surface area contributed by atoms with Gasteiger partial charge in [-0.3, -0.25) is 29.0 Å². The molecule has 0 unspecified atom stereocenters. The maximum absolute atomic E-state index is 14.1. The summed E-state index contributed by atoms with van der Waals surface area (Å²) >= 11 is 0. The third-order valence-electron chi connectivity index (χ3n) is 10.3. The molecule has 5 aromatic carbocycles. The highest BCUT2D eigenvalue weighted by Crippen LogP contribution is 2.39. The van der Waals surface area contributed by atoms with Gasteiger partial charge in [0.25, 0.3) is 31.9 Å². The monoisotopic (exact) mass is 769 g/mol. The highest BCUT2D eigenvalue weighted by Gasteiger charge is 2.50. The first-order chi connectivity index (χ1) is 26.8. The minimum atomic E-state index is -2.98. The molecule has 2 heterocycles. The quantitative estimate of drug-likeness (QED) is 0.132. The van der Waals surface area contributed by atoms with Crippen molar-refractivity contribution in [1.82, 2.24) is 15.1 Å². The Labute approximate surface area is 323 Å². The minimum Gasteiger partial charge on any atom is -0.480 e. The van der Waals surface area contributed by atoms with Gasteiger partial charge < -0.3 is 19.6 Å². The maximum atomic E-state index is 14.1. The number of nitrogens with one attached hydrogen (secondary N) is 1. The van der Waals surface area contributed by atoms with Gasteiger partial charge in [0.05, 0.1) is 19.7 Å². The molecule has 5 aromatic rings. The van der Waals surface area contributed by atoms with Crippen LogP contribution in [0.5, 0.6) is 0 Å². The van der Waals surface area contributed by atoms with E-state index in [-0.39, 0.29) is 57.8 Å². The lowest BCUT2D eigenvalue weighted by atomic mass is 9.86. The summed E-state index contributed by atoms with van der Waals surface area (Å²) in [5.74, 6) is -4.35. The van der Waals surface area contributed by atoms with Gasteiger partial charge in [-0.2, -0.15) is 0 Å². The molecule has 12 nitrogen and oxygen atoms in total. The number of amides is 5. The van der Waals surface area contributed by atoms with E-state index in [1.54, 1.807) is 30.3 Å². The van der Waals surface area contributed by atoms with Crippen LogP contribution in [0.15, 0.2) is 115 Å². The van der Waals surface area contributed by atoms with Gasteiger partial charge in [-0.05, 0) is 45.2 Å². The summed E-state index contributed by atoms with van der Waals surface area (Å²) in [6.07, 6.45) is -1.05. The number of benzene rings is 5. The number of nitrogens with zero attached hydrogens (tertiary/aromatic N) is 2. The number of imide groups is 2. The van der Waals surface area contributed by atoms with E-state index in [1.165, 1.54) is 24.3 Å². The molecule has 0 aromatic heterocycles. The first-order valence-corrected chi connectivity index (χ1v) is 20.0. The second-order valence-electron chi connectivity index (χ2n) is 14.7. The van der Waals surface area contributed by atoms with Gasteiger partial charge >= 0.3 is 12.1 Å². The number of carboxylic acid groups (broad SMARTS) is 1. The fourth-order valence-corrected chi connectivity index (χ4v) is 12.2. The van der Waals surface area contributed by atoms with Crippen LogP contribution in [-0.4, -0.2) is 84.7 Å². The topological polar surface area (TPSA) is 160 Å². The number of carbonyl (C=O) groups is 6. The van der Waals surface area contributed by atoms with Gasteiger partial charge in [-0.15, -0.1) is 0 Å². The summed E-state index contributed by atoms with van der Waals surface area (Å²) in [5, 5.41) is 14.2. The first-order valence-electron chi connectivity index (χ1n) is 18.1. The summed E-state index contributed by atoms with van der Waals surface area (Å²) < 4.78 is 12.1. The molecule has 284 valence electrons. The van der Waals surface area contributed by atoms with Crippen LogP contribution in [0.3, 0.4) is 0 Å². The van der Waals surface area contributed by atoms with Crippen molar-refractivity contribution in [1.29, 1.82) is 0 Å². The maximum Gasteiger partial charge on any atom is 0.408 e. The predicted octanol–water partition coefficient (Wildman–Crippen LogP) is 4.99. The van der Waals surface area contributed by atoms with Crippen molar-refractivity contribution < 1.29 is 43.0 Å². The minimum absolute atomic E-state index is 0.0139. The zero-order chi connectivity index (χ0) is 39.8. The molecule has 0 aliphatic carbocycles. The molecule has 0 spiro atoms. The first kappa shape index (κ1) is 37.9. The zero-order valence-corrected chi connectivity index (χ0v) is 32.0. The molecule has 0 saturated carbocycles. The van der Waals surface area contributed by atoms with Crippen molar-refractivity contribution in [2.45, 2.75) is 38.5 Å². The van der Waals surface area contributed by atoms with Crippen LogP contribution < -0.4 is 15.7 Å². The highest BCUT2D eigenvalue weighted by molar-refractivity contribution is 6.99. The third kappa shape index (κ3) is 6.64. The molecule has 0 radical (unpaired) electrons. The molecule has 13 heteroatoms. The van der Waals surface area contributed by atoms with E-state index in [1.807, 2.05) is 36.4 Å². The molecular formula is C43H39N3O9Si. The number of hydrogen-bond donors (Lipinski definition) is 2. The van der Waals surface area contributed by atoms with Crippen LogP contribution in [0, 0.1) is 0 Å². The molecule has 2 aliphatic rings. The van der Waals surface area contributed by atoms with Gasteiger partial charge in [0.1, 0.15) is 12.6 Å². The summed E-state index contributed by atoms with van der Waals surface area (Å²) in [7, 11) is -2.98. The summed E-state index contributed by atoms with van der Waals surface area (Å²) in [5.41, 5.74) is 0.994. The Bertz CT molecular complexity index is 2270. The van der Waals surface area contributed by atoms with Crippen LogP contribution in [-0.2, 0) is 20.6 Å². The Morgan fingerprint density at radius 1 is 0.661 bits per heavy atom. The van der Waals surface area contributed by atoms with Gasteiger partial charge in [-0.25, -0.2) is 9.59 Å². The molecule has 0 fully saturated rings. The van der Waals surface area contributed by atoms with Gasteiger partial charge in [0.2, 0.25) is 0 Å². The Morgan fingerprint density at radius 2 is 1.09 bits per heavy atom. The third-order valence-corrected chi connectivity index (χ3v) is 15.3. The number of aliphatic carboxylic acids is 1. The van der Waals surface area contributed by atoms with Crippen molar-refractivity contribution in [3.8, 4) is 0 Å². The predicted molar refractivity (Wildman–Crippen MR) is 209 cm³/mol. The Balaban J connectivity index is 1.13. The number of alkyl carbamates (subject to hydrolysis) is 1. The Morgan fingerprint density at radius 3 is 1.52 bits per heavy atom. The largest absolute Gasteiger partial charge is 0.480 e. The van der Waals surface area contributed by atoms with E-state index in [4.69, 9.17) is 9.16 Å². The average molecular weight is 770 g/mol. The van der Waals surface area contributed by atoms with Crippen LogP contribution in [0.1, 0.15) is 67.8 Å². The summed E-state index contributed by atoms with van der Waals surface area (Å²) in [6, 6.07) is 32.8. The second-order valence-corrected chi connectivity index (χ2v) is 19.0. The lowest BCUT2D eigenvalue weighted by Gasteiger charge is -2.43. The van der Waals surface area contributed by atoms with E-state index in [9.17, 15) is 33.9 Å². The standard InChI is InChI=1S/C43H39N3O9Si/c1-43(2,3)56(28-15-9-5-10-16-28,29-17-11-6-12-18-29)55-24-23-45-37(47)30-19-21-32-36-33(22-20-31(35(30)36)38(45)48)40(50)46(39(32)49)25-34(41(51)52)44-42(53)54-26-27-13-7-4-8-14-27/h4-22,34H,23-26H2,1-3H3,(H,44,53)(H,51,52)/t34-/m0/s1. The molecule has 0 bridgehead atoms. The fraction of sp³-hybridized carbons (Fsp3) is 0.209. The number of carbonyl (C=O) groups excluding carboxylic acids is 5. The Hall–Kier alpha value is -6.44. The lowest BCUT2D eigenvalue weighted by Crippen LogP contribution is -2.67. The van der Waals surface area contributed by atoms with Crippen molar-refractivity contribution in [2.24, 2.45) is 0 Å².